The van der Waals surface area contributed by atoms with Crippen molar-refractivity contribution in [3.8, 4) is 17.5 Å². The van der Waals surface area contributed by atoms with Crippen molar-refractivity contribution < 1.29 is 8.91 Å². The summed E-state index contributed by atoms with van der Waals surface area (Å²) in [4.78, 5) is 4.19. The molecule has 2 rings (SSSR count). The predicted molar refractivity (Wildman–Crippen MR) is 62.9 cm³/mol. The van der Waals surface area contributed by atoms with Gasteiger partial charge >= 0.3 is 0 Å². The van der Waals surface area contributed by atoms with E-state index in [9.17, 15) is 4.39 Å². The normalized spacial score (nSPS) is 12.1. The van der Waals surface area contributed by atoms with Crippen molar-refractivity contribution in [3.05, 3.63) is 35.5 Å². The molecule has 0 aliphatic rings. The lowest BCUT2D eigenvalue weighted by Gasteiger charge is -1.98. The highest BCUT2D eigenvalue weighted by Crippen LogP contribution is 2.19. The first-order valence-corrected chi connectivity index (χ1v) is 5.59. The van der Waals surface area contributed by atoms with Crippen LogP contribution in [0.3, 0.4) is 0 Å². The first-order chi connectivity index (χ1) is 8.60. The standard InChI is InChI=1S/C13H12FN3O/c1-8(7-15)5-12-16-13(17-18-12)10-3-4-11(14)9(2)6-10/h3-4,6,8H,5H2,1-2H3. The van der Waals surface area contributed by atoms with Gasteiger partial charge in [0.25, 0.3) is 0 Å². The van der Waals surface area contributed by atoms with Crippen molar-refractivity contribution in [1.29, 1.82) is 5.26 Å². The molecule has 2 aromatic rings. The Morgan fingerprint density at radius 2 is 2.28 bits per heavy atom. The van der Waals surface area contributed by atoms with E-state index in [1.807, 2.05) is 0 Å². The average molecular weight is 245 g/mol. The van der Waals surface area contributed by atoms with E-state index in [-0.39, 0.29) is 11.7 Å². The Balaban J connectivity index is 2.24. The molecule has 0 fully saturated rings. The van der Waals surface area contributed by atoms with E-state index >= 15 is 0 Å². The number of hydrogen-bond donors (Lipinski definition) is 0. The van der Waals surface area contributed by atoms with Gasteiger partial charge in [-0.1, -0.05) is 5.16 Å². The molecule has 1 unspecified atom stereocenters. The first kappa shape index (κ1) is 12.2. The number of nitrogens with zero attached hydrogens (tertiary/aromatic N) is 3. The van der Waals surface area contributed by atoms with Gasteiger partial charge in [-0.15, -0.1) is 0 Å². The molecule has 5 heteroatoms. The summed E-state index contributed by atoms with van der Waals surface area (Å²) in [5.41, 5.74) is 1.23. The van der Waals surface area contributed by atoms with Crippen molar-refractivity contribution in [3.63, 3.8) is 0 Å². The molecule has 0 saturated heterocycles. The lowest BCUT2D eigenvalue weighted by atomic mass is 10.1. The second-order valence-electron chi connectivity index (χ2n) is 4.21. The summed E-state index contributed by atoms with van der Waals surface area (Å²) in [5, 5.41) is 12.5. The number of halogens is 1. The van der Waals surface area contributed by atoms with Crippen molar-refractivity contribution >= 4 is 0 Å². The number of aromatic nitrogens is 2. The molecule has 0 aliphatic carbocycles. The maximum Gasteiger partial charge on any atom is 0.228 e. The van der Waals surface area contributed by atoms with Gasteiger partial charge in [0, 0.05) is 12.0 Å². The third-order valence-electron chi connectivity index (χ3n) is 2.59. The van der Waals surface area contributed by atoms with Crippen LogP contribution in [0.4, 0.5) is 4.39 Å². The maximum absolute atomic E-state index is 13.1. The van der Waals surface area contributed by atoms with Crippen LogP contribution in [-0.2, 0) is 6.42 Å². The van der Waals surface area contributed by atoms with Crippen LogP contribution < -0.4 is 0 Å². The summed E-state index contributed by atoms with van der Waals surface area (Å²) in [7, 11) is 0. The molecule has 1 aromatic carbocycles. The lowest BCUT2D eigenvalue weighted by Crippen LogP contribution is -1.96. The zero-order valence-electron chi connectivity index (χ0n) is 10.1. The highest BCUT2D eigenvalue weighted by atomic mass is 19.1. The summed E-state index contributed by atoms with van der Waals surface area (Å²) in [6, 6.07) is 6.74. The van der Waals surface area contributed by atoms with Crippen LogP contribution in [0.5, 0.6) is 0 Å². The van der Waals surface area contributed by atoms with E-state index in [4.69, 9.17) is 9.78 Å². The van der Waals surface area contributed by atoms with Crippen LogP contribution in [0.15, 0.2) is 22.7 Å². The Kier molecular flexibility index (Phi) is 3.38. The summed E-state index contributed by atoms with van der Waals surface area (Å²) in [6.45, 7) is 3.46. The Labute approximate surface area is 104 Å². The molecular weight excluding hydrogens is 233 g/mol. The summed E-state index contributed by atoms with van der Waals surface area (Å²) >= 11 is 0. The van der Waals surface area contributed by atoms with Gasteiger partial charge in [0.05, 0.1) is 12.0 Å². The lowest BCUT2D eigenvalue weighted by molar-refractivity contribution is 0.369. The second kappa shape index (κ2) is 4.96. The van der Waals surface area contributed by atoms with Gasteiger partial charge in [0.2, 0.25) is 11.7 Å². The van der Waals surface area contributed by atoms with Gasteiger partial charge in [-0.2, -0.15) is 10.2 Å². The van der Waals surface area contributed by atoms with E-state index in [1.165, 1.54) is 6.07 Å². The topological polar surface area (TPSA) is 62.7 Å². The molecule has 0 aliphatic heterocycles. The summed E-state index contributed by atoms with van der Waals surface area (Å²) in [5.74, 6) is 0.396. The van der Waals surface area contributed by atoms with Gasteiger partial charge in [0.1, 0.15) is 5.82 Å². The molecule has 0 bridgehead atoms. The molecule has 92 valence electrons. The van der Waals surface area contributed by atoms with Gasteiger partial charge in [-0.25, -0.2) is 4.39 Å². The van der Waals surface area contributed by atoms with Crippen molar-refractivity contribution in [2.24, 2.45) is 5.92 Å². The van der Waals surface area contributed by atoms with Gasteiger partial charge < -0.3 is 4.52 Å². The van der Waals surface area contributed by atoms with E-state index in [0.717, 1.165) is 0 Å². The highest BCUT2D eigenvalue weighted by molar-refractivity contribution is 5.55. The molecule has 0 N–H and O–H groups in total. The second-order valence-corrected chi connectivity index (χ2v) is 4.21. The minimum absolute atomic E-state index is 0.173. The molecule has 0 radical (unpaired) electrons. The molecule has 1 atom stereocenters. The quantitative estimate of drug-likeness (QED) is 0.834. The minimum Gasteiger partial charge on any atom is -0.339 e. The molecule has 0 amide bonds. The maximum atomic E-state index is 13.1. The Hall–Kier alpha value is -2.22. The van der Waals surface area contributed by atoms with Crippen LogP contribution in [0.2, 0.25) is 0 Å². The van der Waals surface area contributed by atoms with Crippen LogP contribution >= 0.6 is 0 Å². The van der Waals surface area contributed by atoms with Gasteiger partial charge in [-0.3, -0.25) is 0 Å². The smallest absolute Gasteiger partial charge is 0.228 e. The molecule has 0 saturated carbocycles. The molecular formula is C13H12FN3O. The number of aryl methyl sites for hydroxylation is 1. The van der Waals surface area contributed by atoms with Gasteiger partial charge in [-0.05, 0) is 37.6 Å². The summed E-state index contributed by atoms with van der Waals surface area (Å²) in [6.07, 6.45) is 0.420. The number of hydrogen-bond acceptors (Lipinski definition) is 4. The van der Waals surface area contributed by atoms with Gasteiger partial charge in [0.15, 0.2) is 0 Å². The molecule has 4 nitrogen and oxygen atoms in total. The van der Waals surface area contributed by atoms with Crippen molar-refractivity contribution in [2.45, 2.75) is 20.3 Å². The predicted octanol–water partition coefficient (Wildman–Crippen LogP) is 2.89. The van der Waals surface area contributed by atoms with Crippen LogP contribution in [0, 0.1) is 30.0 Å². The first-order valence-electron chi connectivity index (χ1n) is 5.59. The van der Waals surface area contributed by atoms with E-state index in [1.54, 1.807) is 26.0 Å². The molecule has 1 heterocycles. The van der Waals surface area contributed by atoms with Crippen LogP contribution in [-0.4, -0.2) is 10.1 Å². The molecule has 18 heavy (non-hydrogen) atoms. The van der Waals surface area contributed by atoms with Crippen molar-refractivity contribution in [2.75, 3.05) is 0 Å². The third kappa shape index (κ3) is 2.54. The SMILES string of the molecule is Cc1cc(-c2noc(CC(C)C#N)n2)ccc1F. The molecule has 1 aromatic heterocycles. The van der Waals surface area contributed by atoms with E-state index < -0.39 is 0 Å². The summed E-state index contributed by atoms with van der Waals surface area (Å²) < 4.78 is 18.2. The fraction of sp³-hybridized carbons (Fsp3) is 0.308. The molecule has 0 spiro atoms. The Morgan fingerprint density at radius 3 is 2.94 bits per heavy atom. The van der Waals surface area contributed by atoms with E-state index in [2.05, 4.69) is 16.2 Å². The average Bonchev–Trinajstić information content (AvgIpc) is 2.81. The largest absolute Gasteiger partial charge is 0.339 e. The zero-order chi connectivity index (χ0) is 13.1. The Morgan fingerprint density at radius 1 is 1.50 bits per heavy atom. The zero-order valence-corrected chi connectivity index (χ0v) is 10.1. The van der Waals surface area contributed by atoms with E-state index in [0.29, 0.717) is 29.3 Å². The number of nitriles is 1. The highest BCUT2D eigenvalue weighted by Gasteiger charge is 2.12. The number of rotatable bonds is 3. The van der Waals surface area contributed by atoms with Crippen LogP contribution in [0.25, 0.3) is 11.4 Å². The number of benzene rings is 1. The monoisotopic (exact) mass is 245 g/mol. The van der Waals surface area contributed by atoms with Crippen LogP contribution in [0.1, 0.15) is 18.4 Å². The minimum atomic E-state index is -0.263. The fourth-order valence-electron chi connectivity index (χ4n) is 1.55. The van der Waals surface area contributed by atoms with Crippen molar-refractivity contribution in [1.82, 2.24) is 10.1 Å². The fourth-order valence-corrected chi connectivity index (χ4v) is 1.55. The Bertz CT molecular complexity index is 601. The third-order valence-corrected chi connectivity index (χ3v) is 2.59.